The van der Waals surface area contributed by atoms with E-state index >= 15 is 0 Å². The van der Waals surface area contributed by atoms with Crippen LogP contribution in [0.1, 0.15) is 36.9 Å². The Morgan fingerprint density at radius 3 is 3.00 bits per heavy atom. The number of H-pyrrole nitrogens is 1. The van der Waals surface area contributed by atoms with Crippen LogP contribution in [0.3, 0.4) is 0 Å². The van der Waals surface area contributed by atoms with Gasteiger partial charge in [0.05, 0.1) is 7.11 Å². The van der Waals surface area contributed by atoms with Crippen molar-refractivity contribution < 1.29 is 4.74 Å². The highest BCUT2D eigenvalue weighted by atomic mass is 16.5. The summed E-state index contributed by atoms with van der Waals surface area (Å²) < 4.78 is 5.44. The normalized spacial score (nSPS) is 36.2. The Kier molecular flexibility index (Phi) is 2.67. The highest BCUT2D eigenvalue weighted by molar-refractivity contribution is 5.86. The summed E-state index contributed by atoms with van der Waals surface area (Å²) in [5.41, 5.74) is 4.38. The third kappa shape index (κ3) is 1.66. The number of methoxy groups -OCH3 is 1. The second-order valence-corrected chi connectivity index (χ2v) is 7.59. The molecule has 4 aliphatic rings. The van der Waals surface area contributed by atoms with Crippen molar-refractivity contribution in [1.29, 1.82) is 0 Å². The lowest BCUT2D eigenvalue weighted by Gasteiger charge is -2.52. The van der Waals surface area contributed by atoms with E-state index < -0.39 is 0 Å². The van der Waals surface area contributed by atoms with Gasteiger partial charge in [-0.3, -0.25) is 4.90 Å². The van der Waals surface area contributed by atoms with Gasteiger partial charge in [-0.05, 0) is 54.9 Å². The predicted molar refractivity (Wildman–Crippen MR) is 88.5 cm³/mol. The molecule has 2 saturated heterocycles. The van der Waals surface area contributed by atoms with E-state index in [-0.39, 0.29) is 0 Å². The third-order valence-electron chi connectivity index (χ3n) is 6.37. The molecule has 3 nitrogen and oxygen atoms in total. The van der Waals surface area contributed by atoms with E-state index in [0.717, 1.165) is 23.6 Å². The first kappa shape index (κ1) is 13.0. The minimum Gasteiger partial charge on any atom is -0.497 e. The van der Waals surface area contributed by atoms with Gasteiger partial charge in [-0.2, -0.15) is 0 Å². The fraction of sp³-hybridized carbons (Fsp3) is 0.579. The molecule has 22 heavy (non-hydrogen) atoms. The first-order valence-corrected chi connectivity index (χ1v) is 8.67. The Balaban J connectivity index is 1.69. The first-order chi connectivity index (χ1) is 10.7. The second-order valence-electron chi connectivity index (χ2n) is 7.59. The number of aromatic amines is 1. The molecule has 4 heterocycles. The Labute approximate surface area is 131 Å². The molecule has 0 radical (unpaired) electrons. The zero-order valence-electron chi connectivity index (χ0n) is 13.4. The fourth-order valence-electron chi connectivity index (χ4n) is 5.62. The standard InChI is InChI=1S/C19H24N2O/c1-11-7-12-8-16-18-14(5-6-21(10-12)19(11)16)15-9-13(22-2)3-4-17(15)20-18/h3-4,9,11-12,16,19-20H,5-8,10H2,1-2H3/t11-,12+,16-,19?/m1/s1. The summed E-state index contributed by atoms with van der Waals surface area (Å²) in [6.07, 6.45) is 3.98. The number of nitrogens with one attached hydrogen (secondary N) is 1. The molecule has 116 valence electrons. The molecular weight excluding hydrogens is 272 g/mol. The summed E-state index contributed by atoms with van der Waals surface area (Å²) in [5.74, 6) is 3.41. The lowest BCUT2D eigenvalue weighted by molar-refractivity contribution is -0.00516. The maximum absolute atomic E-state index is 5.44. The number of benzene rings is 1. The Bertz CT molecular complexity index is 734. The number of fused-ring (bicyclic) bond motifs is 4. The van der Waals surface area contributed by atoms with E-state index in [0.29, 0.717) is 5.92 Å². The summed E-state index contributed by atoms with van der Waals surface area (Å²) in [6, 6.07) is 7.23. The van der Waals surface area contributed by atoms with E-state index in [1.54, 1.807) is 12.7 Å². The highest BCUT2D eigenvalue weighted by Gasteiger charge is 2.47. The van der Waals surface area contributed by atoms with E-state index in [1.807, 2.05) is 0 Å². The van der Waals surface area contributed by atoms with Crippen LogP contribution in [0.25, 0.3) is 10.9 Å². The van der Waals surface area contributed by atoms with Crippen molar-refractivity contribution in [2.45, 2.75) is 38.1 Å². The molecule has 3 heteroatoms. The fourth-order valence-corrected chi connectivity index (χ4v) is 5.62. The smallest absolute Gasteiger partial charge is 0.119 e. The number of hydrogen-bond acceptors (Lipinski definition) is 2. The van der Waals surface area contributed by atoms with Crippen LogP contribution in [0.5, 0.6) is 5.75 Å². The Hall–Kier alpha value is -1.48. The summed E-state index contributed by atoms with van der Waals surface area (Å²) in [7, 11) is 1.76. The molecule has 0 spiro atoms. The molecule has 1 saturated carbocycles. The van der Waals surface area contributed by atoms with Crippen LogP contribution < -0.4 is 4.74 Å². The van der Waals surface area contributed by atoms with Crippen molar-refractivity contribution in [2.75, 3.05) is 20.2 Å². The van der Waals surface area contributed by atoms with Gasteiger partial charge in [0.25, 0.3) is 0 Å². The molecule has 1 N–H and O–H groups in total. The van der Waals surface area contributed by atoms with Crippen molar-refractivity contribution in [3.63, 3.8) is 0 Å². The molecule has 6 rings (SSSR count). The summed E-state index contributed by atoms with van der Waals surface area (Å²) in [5, 5.41) is 1.38. The molecule has 5 atom stereocenters. The molecule has 3 fully saturated rings. The number of aromatic nitrogens is 1. The van der Waals surface area contributed by atoms with Gasteiger partial charge in [0.2, 0.25) is 0 Å². The van der Waals surface area contributed by atoms with Crippen LogP contribution in [0, 0.1) is 11.8 Å². The highest BCUT2D eigenvalue weighted by Crippen LogP contribution is 2.50. The first-order valence-electron chi connectivity index (χ1n) is 8.67. The number of piperidine rings is 2. The zero-order valence-corrected chi connectivity index (χ0v) is 13.4. The lowest BCUT2D eigenvalue weighted by Crippen LogP contribution is -2.55. The van der Waals surface area contributed by atoms with Crippen LogP contribution in [-0.4, -0.2) is 36.1 Å². The van der Waals surface area contributed by atoms with Crippen LogP contribution in [0.2, 0.25) is 0 Å². The van der Waals surface area contributed by atoms with Crippen LogP contribution in [0.4, 0.5) is 0 Å². The van der Waals surface area contributed by atoms with Crippen LogP contribution in [-0.2, 0) is 6.42 Å². The van der Waals surface area contributed by atoms with E-state index in [2.05, 4.69) is 35.0 Å². The van der Waals surface area contributed by atoms with Crippen molar-refractivity contribution in [1.82, 2.24) is 9.88 Å². The van der Waals surface area contributed by atoms with E-state index in [1.165, 1.54) is 48.9 Å². The van der Waals surface area contributed by atoms with Gasteiger partial charge in [0.1, 0.15) is 5.75 Å². The zero-order chi connectivity index (χ0) is 14.8. The summed E-state index contributed by atoms with van der Waals surface area (Å²) >= 11 is 0. The molecule has 0 amide bonds. The predicted octanol–water partition coefficient (Wildman–Crippen LogP) is 3.55. The molecule has 2 aromatic rings. The maximum Gasteiger partial charge on any atom is 0.119 e. The lowest BCUT2D eigenvalue weighted by atomic mass is 9.67. The van der Waals surface area contributed by atoms with Crippen molar-refractivity contribution in [3.05, 3.63) is 29.5 Å². The molecular formula is C19H24N2O. The van der Waals surface area contributed by atoms with E-state index in [4.69, 9.17) is 4.74 Å². The average Bonchev–Trinajstić information content (AvgIpc) is 2.84. The molecule has 3 aliphatic heterocycles. The van der Waals surface area contributed by atoms with Gasteiger partial charge >= 0.3 is 0 Å². The van der Waals surface area contributed by atoms with Gasteiger partial charge in [0, 0.05) is 41.6 Å². The van der Waals surface area contributed by atoms with Gasteiger partial charge in [0.15, 0.2) is 0 Å². The van der Waals surface area contributed by atoms with Crippen molar-refractivity contribution >= 4 is 10.9 Å². The molecule has 1 aromatic heterocycles. The van der Waals surface area contributed by atoms with Crippen LogP contribution in [0.15, 0.2) is 18.2 Å². The average molecular weight is 296 g/mol. The number of ether oxygens (including phenoxy) is 1. The minimum absolute atomic E-state index is 0.707. The minimum atomic E-state index is 0.707. The Morgan fingerprint density at radius 1 is 1.27 bits per heavy atom. The topological polar surface area (TPSA) is 28.3 Å². The largest absolute Gasteiger partial charge is 0.497 e. The summed E-state index contributed by atoms with van der Waals surface area (Å²) in [4.78, 5) is 6.57. The van der Waals surface area contributed by atoms with E-state index in [9.17, 15) is 0 Å². The number of hydrogen-bond donors (Lipinski definition) is 1. The monoisotopic (exact) mass is 296 g/mol. The quantitative estimate of drug-likeness (QED) is 0.871. The molecule has 1 aliphatic carbocycles. The number of nitrogens with zero attached hydrogens (tertiary/aromatic N) is 1. The van der Waals surface area contributed by atoms with Crippen molar-refractivity contribution in [3.8, 4) is 5.75 Å². The summed E-state index contributed by atoms with van der Waals surface area (Å²) in [6.45, 7) is 5.02. The Morgan fingerprint density at radius 2 is 2.18 bits per heavy atom. The maximum atomic E-state index is 5.44. The molecule has 2 unspecified atom stereocenters. The third-order valence-corrected chi connectivity index (χ3v) is 6.37. The SMILES string of the molecule is COc1ccc2[nH]c3c(c2c1)CCN1C[C@H]2C[C@@H](C)C1[C@@H]3C2. The van der Waals surface area contributed by atoms with Gasteiger partial charge < -0.3 is 9.72 Å². The van der Waals surface area contributed by atoms with Gasteiger partial charge in [-0.15, -0.1) is 0 Å². The van der Waals surface area contributed by atoms with Crippen molar-refractivity contribution in [2.24, 2.45) is 11.8 Å². The molecule has 1 aromatic carbocycles. The molecule has 4 bridgehead atoms. The van der Waals surface area contributed by atoms with Gasteiger partial charge in [-0.25, -0.2) is 0 Å². The van der Waals surface area contributed by atoms with Crippen LogP contribution >= 0.6 is 0 Å². The second kappa shape index (κ2) is 4.51. The van der Waals surface area contributed by atoms with Gasteiger partial charge in [-0.1, -0.05) is 6.92 Å². The number of rotatable bonds is 1.